The molecule has 3 heterocycles. The summed E-state index contributed by atoms with van der Waals surface area (Å²) >= 11 is 0. The SMILES string of the molecule is CC(C)Oc1nc2c(ncn2[C@@H]2O[C@H](C(O)C(=O)O)[C@@H](O)[C@H]2O)c(=O)[nH]1. The number of fused-ring (bicyclic) bond motifs is 1. The topological polar surface area (TPSA) is 180 Å². The fraction of sp³-hybridized carbons (Fsp3) is 0.571. The van der Waals surface area contributed by atoms with Crippen molar-refractivity contribution < 1.29 is 34.7 Å². The van der Waals surface area contributed by atoms with Gasteiger partial charge >= 0.3 is 5.97 Å². The standard InChI is InChI=1S/C14H18N4O8/c1-4(2)25-14-16-10-5(11(22)17-14)15-3-18(10)12-7(20)6(19)9(26-12)8(21)13(23)24/h3-4,6-9,12,19-21H,1-2H3,(H,23,24)(H,16,17,22)/t6-,7+,8?,9-,12+/m0/s1. The third-order valence-corrected chi connectivity index (χ3v) is 3.87. The lowest BCUT2D eigenvalue weighted by atomic mass is 10.1. The number of nitrogens with one attached hydrogen (secondary N) is 1. The molecule has 12 nitrogen and oxygen atoms in total. The summed E-state index contributed by atoms with van der Waals surface area (Å²) in [4.78, 5) is 33.4. The van der Waals surface area contributed by atoms with Crippen molar-refractivity contribution in [2.45, 2.75) is 50.6 Å². The monoisotopic (exact) mass is 370 g/mol. The van der Waals surface area contributed by atoms with Crippen LogP contribution in [0.1, 0.15) is 20.1 Å². The minimum atomic E-state index is -2.05. The van der Waals surface area contributed by atoms with Crippen LogP contribution in [-0.2, 0) is 9.53 Å². The Kier molecular flexibility index (Phi) is 4.66. The van der Waals surface area contributed by atoms with Crippen molar-refractivity contribution in [2.24, 2.45) is 0 Å². The van der Waals surface area contributed by atoms with Gasteiger partial charge in [0, 0.05) is 0 Å². The number of hydrogen-bond donors (Lipinski definition) is 5. The van der Waals surface area contributed by atoms with Gasteiger partial charge in [0.2, 0.25) is 0 Å². The summed E-state index contributed by atoms with van der Waals surface area (Å²) in [7, 11) is 0. The zero-order valence-electron chi connectivity index (χ0n) is 13.8. The van der Waals surface area contributed by atoms with E-state index in [4.69, 9.17) is 14.6 Å². The van der Waals surface area contributed by atoms with E-state index in [9.17, 15) is 24.9 Å². The van der Waals surface area contributed by atoms with Gasteiger partial charge < -0.3 is 29.9 Å². The number of H-pyrrole nitrogens is 1. The molecular weight excluding hydrogens is 352 g/mol. The molecule has 0 aromatic carbocycles. The Bertz CT molecular complexity index is 877. The highest BCUT2D eigenvalue weighted by Gasteiger charge is 2.49. The number of nitrogens with zero attached hydrogens (tertiary/aromatic N) is 3. The number of rotatable bonds is 5. The minimum Gasteiger partial charge on any atom is -0.479 e. The van der Waals surface area contributed by atoms with E-state index in [1.807, 2.05) is 0 Å². The number of carbonyl (C=O) groups is 1. The van der Waals surface area contributed by atoms with E-state index in [0.717, 1.165) is 6.33 Å². The fourth-order valence-electron chi connectivity index (χ4n) is 2.69. The number of carboxylic acids is 1. The number of aliphatic carboxylic acids is 1. The average Bonchev–Trinajstić information content (AvgIpc) is 3.09. The van der Waals surface area contributed by atoms with Gasteiger partial charge in [-0.05, 0) is 13.8 Å². The first-order valence-corrected chi connectivity index (χ1v) is 7.76. The van der Waals surface area contributed by atoms with E-state index >= 15 is 0 Å². The lowest BCUT2D eigenvalue weighted by molar-refractivity contribution is -0.160. The molecule has 1 aliphatic rings. The van der Waals surface area contributed by atoms with Crippen LogP contribution in [0.25, 0.3) is 11.2 Å². The van der Waals surface area contributed by atoms with Crippen LogP contribution in [0.2, 0.25) is 0 Å². The van der Waals surface area contributed by atoms with Gasteiger partial charge in [0.1, 0.15) is 18.3 Å². The highest BCUT2D eigenvalue weighted by atomic mass is 16.6. The highest BCUT2D eigenvalue weighted by Crippen LogP contribution is 2.32. The molecule has 0 bridgehead atoms. The Hall–Kier alpha value is -2.54. The zero-order valence-corrected chi connectivity index (χ0v) is 13.8. The number of ether oxygens (including phenoxy) is 2. The van der Waals surface area contributed by atoms with Crippen molar-refractivity contribution in [2.75, 3.05) is 0 Å². The summed E-state index contributed by atoms with van der Waals surface area (Å²) in [5.74, 6) is -1.61. The predicted octanol–water partition coefficient (Wildman–Crippen LogP) is -2.03. The molecule has 0 amide bonds. The molecule has 1 fully saturated rings. The number of carboxylic acid groups (broad SMARTS) is 1. The molecule has 142 valence electrons. The maximum Gasteiger partial charge on any atom is 0.335 e. The van der Waals surface area contributed by atoms with Crippen molar-refractivity contribution in [3.05, 3.63) is 16.7 Å². The number of aromatic amines is 1. The maximum atomic E-state index is 12.1. The highest BCUT2D eigenvalue weighted by molar-refractivity contribution is 5.73. The molecule has 5 atom stereocenters. The maximum absolute atomic E-state index is 12.1. The number of aromatic nitrogens is 4. The molecule has 3 rings (SSSR count). The summed E-state index contributed by atoms with van der Waals surface area (Å²) in [6.07, 6.45) is -7.29. The smallest absolute Gasteiger partial charge is 0.335 e. The molecule has 1 unspecified atom stereocenters. The van der Waals surface area contributed by atoms with Crippen molar-refractivity contribution in [1.29, 1.82) is 0 Å². The normalized spacial score (nSPS) is 27.2. The average molecular weight is 370 g/mol. The largest absolute Gasteiger partial charge is 0.479 e. The van der Waals surface area contributed by atoms with E-state index in [2.05, 4.69) is 15.0 Å². The van der Waals surface area contributed by atoms with Crippen LogP contribution in [-0.4, -0.2) is 76.4 Å². The molecule has 0 radical (unpaired) electrons. The minimum absolute atomic E-state index is 0.00566. The number of hydrogen-bond acceptors (Lipinski definition) is 9. The van der Waals surface area contributed by atoms with Crippen LogP contribution in [0.15, 0.2) is 11.1 Å². The summed E-state index contributed by atoms with van der Waals surface area (Å²) in [6, 6.07) is -0.0746. The van der Waals surface area contributed by atoms with Gasteiger partial charge in [0.25, 0.3) is 11.6 Å². The number of aliphatic hydroxyl groups excluding tert-OH is 3. The van der Waals surface area contributed by atoms with Gasteiger partial charge in [-0.25, -0.2) is 9.78 Å². The molecule has 0 spiro atoms. The third kappa shape index (κ3) is 3.03. The van der Waals surface area contributed by atoms with Crippen molar-refractivity contribution in [1.82, 2.24) is 19.5 Å². The van der Waals surface area contributed by atoms with Crippen LogP contribution in [0.4, 0.5) is 0 Å². The molecule has 2 aromatic rings. The number of imidazole rings is 1. The van der Waals surface area contributed by atoms with Crippen molar-refractivity contribution in [3.8, 4) is 6.01 Å². The van der Waals surface area contributed by atoms with Gasteiger partial charge in [-0.3, -0.25) is 14.3 Å². The number of aliphatic hydroxyl groups is 3. The van der Waals surface area contributed by atoms with Crippen LogP contribution in [0, 0.1) is 0 Å². The zero-order chi connectivity index (χ0) is 19.2. The second-order valence-electron chi connectivity index (χ2n) is 6.12. The van der Waals surface area contributed by atoms with Gasteiger partial charge in [-0.1, -0.05) is 0 Å². The van der Waals surface area contributed by atoms with E-state index < -0.39 is 42.2 Å². The van der Waals surface area contributed by atoms with Crippen LogP contribution in [0.5, 0.6) is 6.01 Å². The van der Waals surface area contributed by atoms with Crippen LogP contribution in [0.3, 0.4) is 0 Å². The first-order chi connectivity index (χ1) is 12.2. The molecule has 0 saturated carbocycles. The lowest BCUT2D eigenvalue weighted by Gasteiger charge is -2.17. The molecule has 5 N–H and O–H groups in total. The first-order valence-electron chi connectivity index (χ1n) is 7.76. The molecule has 0 aliphatic carbocycles. The Labute approximate surface area is 145 Å². The Balaban J connectivity index is 2.01. The fourth-order valence-corrected chi connectivity index (χ4v) is 2.69. The molecular formula is C14H18N4O8. The van der Waals surface area contributed by atoms with E-state index in [1.54, 1.807) is 13.8 Å². The van der Waals surface area contributed by atoms with Crippen molar-refractivity contribution in [3.63, 3.8) is 0 Å². The predicted molar refractivity (Wildman–Crippen MR) is 83.5 cm³/mol. The Morgan fingerprint density at radius 3 is 2.69 bits per heavy atom. The van der Waals surface area contributed by atoms with E-state index in [1.165, 1.54) is 4.57 Å². The summed E-state index contributed by atoms with van der Waals surface area (Å²) in [5.41, 5.74) is -0.640. The van der Waals surface area contributed by atoms with Gasteiger partial charge in [0.05, 0.1) is 12.4 Å². The quantitative estimate of drug-likeness (QED) is 0.394. The molecule has 2 aromatic heterocycles. The van der Waals surface area contributed by atoms with Crippen molar-refractivity contribution >= 4 is 17.1 Å². The summed E-state index contributed by atoms with van der Waals surface area (Å²) in [5, 5.41) is 38.7. The van der Waals surface area contributed by atoms with E-state index in [-0.39, 0.29) is 23.3 Å². The van der Waals surface area contributed by atoms with Crippen LogP contribution < -0.4 is 10.3 Å². The second kappa shape index (κ2) is 6.64. The molecule has 12 heteroatoms. The van der Waals surface area contributed by atoms with Crippen LogP contribution >= 0.6 is 0 Å². The Morgan fingerprint density at radius 1 is 1.38 bits per heavy atom. The van der Waals surface area contributed by atoms with Gasteiger partial charge in [-0.15, -0.1) is 0 Å². The first kappa shape index (κ1) is 18.3. The van der Waals surface area contributed by atoms with E-state index in [0.29, 0.717) is 0 Å². The summed E-state index contributed by atoms with van der Waals surface area (Å²) in [6.45, 7) is 3.47. The molecule has 26 heavy (non-hydrogen) atoms. The molecule has 1 saturated heterocycles. The second-order valence-corrected chi connectivity index (χ2v) is 6.12. The van der Waals surface area contributed by atoms with Gasteiger partial charge in [-0.2, -0.15) is 4.98 Å². The molecule has 1 aliphatic heterocycles. The summed E-state index contributed by atoms with van der Waals surface area (Å²) < 4.78 is 11.8. The third-order valence-electron chi connectivity index (χ3n) is 3.87. The lowest BCUT2D eigenvalue weighted by Crippen LogP contribution is -2.42. The Morgan fingerprint density at radius 2 is 2.08 bits per heavy atom. The van der Waals surface area contributed by atoms with Gasteiger partial charge in [0.15, 0.2) is 23.5 Å².